The van der Waals surface area contributed by atoms with Crippen molar-refractivity contribution in [2.24, 2.45) is 0 Å². The monoisotopic (exact) mass is 528 g/mol. The van der Waals surface area contributed by atoms with Gasteiger partial charge in [0, 0.05) is 5.56 Å². The number of anilines is 1. The van der Waals surface area contributed by atoms with Crippen LogP contribution in [0.2, 0.25) is 18.1 Å². The molecule has 6 heteroatoms. The molecule has 4 rings (SSSR count). The van der Waals surface area contributed by atoms with Crippen molar-refractivity contribution in [3.63, 3.8) is 0 Å². The molecule has 1 amide bonds. The van der Waals surface area contributed by atoms with Gasteiger partial charge in [-0.15, -0.1) is 6.58 Å². The van der Waals surface area contributed by atoms with E-state index in [1.165, 1.54) is 0 Å². The summed E-state index contributed by atoms with van der Waals surface area (Å²) in [4.78, 5) is 16.2. The van der Waals surface area contributed by atoms with Gasteiger partial charge in [0.25, 0.3) is 5.91 Å². The highest BCUT2D eigenvalue weighted by atomic mass is 28.4. The molecule has 3 aromatic rings. The molecule has 200 valence electrons. The molecule has 0 bridgehead atoms. The molecular formula is C32H40N2O3Si. The zero-order valence-electron chi connectivity index (χ0n) is 23.5. The Labute approximate surface area is 228 Å². The van der Waals surface area contributed by atoms with Crippen LogP contribution in [0.5, 0.6) is 5.75 Å². The molecule has 1 aliphatic rings. The summed E-state index contributed by atoms with van der Waals surface area (Å²) in [5.41, 5.74) is 2.81. The number of ether oxygens (including phenoxy) is 1. The first-order chi connectivity index (χ1) is 18.0. The number of nitrogens with one attached hydrogen (secondary N) is 1. The molecule has 0 aromatic heterocycles. The topological polar surface area (TPSA) is 50.8 Å². The minimum absolute atomic E-state index is 0.0437. The summed E-state index contributed by atoms with van der Waals surface area (Å²) in [6, 6.07) is 25.8. The number of carbonyl (C=O) groups is 1. The van der Waals surface area contributed by atoms with Crippen LogP contribution in [-0.4, -0.2) is 27.9 Å². The van der Waals surface area contributed by atoms with Crippen LogP contribution in [0.3, 0.4) is 0 Å². The maximum absolute atomic E-state index is 14.3. The van der Waals surface area contributed by atoms with Crippen LogP contribution in [0, 0.1) is 0 Å². The zero-order valence-corrected chi connectivity index (χ0v) is 24.5. The second kappa shape index (κ2) is 10.9. The number of methoxy groups -OCH3 is 1. The number of para-hydroxylation sites is 1. The SMILES string of the molecule is C=C[C@@]1(N[C@@H](CO[Si](C)(C)C(C)(C)C)c2ccccc2)C(=O)N(Cc2ccc(OC)cc2)c2ccccc21. The summed E-state index contributed by atoms with van der Waals surface area (Å²) in [5.74, 6) is 0.745. The highest BCUT2D eigenvalue weighted by Gasteiger charge is 2.50. The van der Waals surface area contributed by atoms with E-state index in [1.54, 1.807) is 13.2 Å². The molecule has 0 fully saturated rings. The van der Waals surface area contributed by atoms with Crippen molar-refractivity contribution in [3.8, 4) is 5.75 Å². The number of nitrogens with zero attached hydrogens (tertiary/aromatic N) is 1. The van der Waals surface area contributed by atoms with E-state index in [0.717, 1.165) is 28.1 Å². The van der Waals surface area contributed by atoms with Crippen molar-refractivity contribution in [1.82, 2.24) is 5.32 Å². The Hall–Kier alpha value is -3.19. The number of hydrogen-bond donors (Lipinski definition) is 1. The Kier molecular flexibility index (Phi) is 7.97. The van der Waals surface area contributed by atoms with Crippen LogP contribution >= 0.6 is 0 Å². The van der Waals surface area contributed by atoms with E-state index >= 15 is 0 Å². The summed E-state index contributed by atoms with van der Waals surface area (Å²) < 4.78 is 12.0. The molecule has 5 nitrogen and oxygen atoms in total. The molecule has 1 aliphatic heterocycles. The van der Waals surface area contributed by atoms with Crippen LogP contribution in [0.15, 0.2) is 91.5 Å². The molecule has 0 unspecified atom stereocenters. The zero-order chi connectivity index (χ0) is 27.6. The summed E-state index contributed by atoms with van der Waals surface area (Å²) in [5, 5.41) is 3.81. The minimum atomic E-state index is -2.02. The first-order valence-electron chi connectivity index (χ1n) is 13.2. The number of fused-ring (bicyclic) bond motifs is 1. The predicted molar refractivity (Wildman–Crippen MR) is 158 cm³/mol. The second-order valence-electron chi connectivity index (χ2n) is 11.4. The van der Waals surface area contributed by atoms with Gasteiger partial charge in [-0.2, -0.15) is 0 Å². The van der Waals surface area contributed by atoms with Gasteiger partial charge >= 0.3 is 0 Å². The summed E-state index contributed by atoms with van der Waals surface area (Å²) in [6.07, 6.45) is 1.75. The molecule has 0 spiro atoms. The molecule has 1 heterocycles. The quantitative estimate of drug-likeness (QED) is 0.228. The Morgan fingerprint density at radius 2 is 1.63 bits per heavy atom. The first-order valence-corrected chi connectivity index (χ1v) is 16.1. The van der Waals surface area contributed by atoms with Crippen molar-refractivity contribution in [3.05, 3.63) is 108 Å². The van der Waals surface area contributed by atoms with Gasteiger partial charge in [-0.3, -0.25) is 10.1 Å². The van der Waals surface area contributed by atoms with Gasteiger partial charge in [-0.05, 0) is 47.5 Å². The molecule has 0 saturated heterocycles. The van der Waals surface area contributed by atoms with E-state index in [2.05, 4.69) is 57.9 Å². The normalized spacial score (nSPS) is 18.3. The molecule has 2 atom stereocenters. The third kappa shape index (κ3) is 5.34. The van der Waals surface area contributed by atoms with Gasteiger partial charge in [-0.1, -0.05) is 87.5 Å². The second-order valence-corrected chi connectivity index (χ2v) is 16.3. The Morgan fingerprint density at radius 3 is 2.24 bits per heavy atom. The number of hydrogen-bond acceptors (Lipinski definition) is 4. The fourth-order valence-electron chi connectivity index (χ4n) is 4.64. The molecule has 0 saturated carbocycles. The average molecular weight is 529 g/mol. The van der Waals surface area contributed by atoms with Crippen molar-refractivity contribution in [1.29, 1.82) is 0 Å². The van der Waals surface area contributed by atoms with Gasteiger partial charge in [0.05, 0.1) is 32.0 Å². The van der Waals surface area contributed by atoms with E-state index in [0.29, 0.717) is 13.2 Å². The smallest absolute Gasteiger partial charge is 0.256 e. The number of amides is 1. The Bertz CT molecular complexity index is 1270. The minimum Gasteiger partial charge on any atom is -0.497 e. The van der Waals surface area contributed by atoms with E-state index in [1.807, 2.05) is 71.6 Å². The van der Waals surface area contributed by atoms with Crippen LogP contribution in [0.25, 0.3) is 0 Å². The van der Waals surface area contributed by atoms with Crippen molar-refractivity contribution in [2.45, 2.75) is 57.0 Å². The van der Waals surface area contributed by atoms with Gasteiger partial charge < -0.3 is 14.1 Å². The maximum atomic E-state index is 14.3. The lowest BCUT2D eigenvalue weighted by molar-refractivity contribution is -0.123. The third-order valence-corrected chi connectivity index (χ3v) is 12.5. The van der Waals surface area contributed by atoms with Crippen LogP contribution in [0.1, 0.15) is 43.5 Å². The molecule has 0 radical (unpaired) electrons. The third-order valence-electron chi connectivity index (χ3n) is 8.03. The van der Waals surface area contributed by atoms with Crippen LogP contribution in [0.4, 0.5) is 5.69 Å². The molecule has 38 heavy (non-hydrogen) atoms. The Morgan fingerprint density at radius 1 is 1.00 bits per heavy atom. The fraction of sp³-hybridized carbons (Fsp3) is 0.344. The van der Waals surface area contributed by atoms with Crippen LogP contribution in [-0.2, 0) is 21.3 Å². The number of rotatable bonds is 10. The lowest BCUT2D eigenvalue weighted by Gasteiger charge is -2.39. The average Bonchev–Trinajstić information content (AvgIpc) is 3.14. The maximum Gasteiger partial charge on any atom is 0.256 e. The number of benzene rings is 3. The summed E-state index contributed by atoms with van der Waals surface area (Å²) in [7, 11) is -0.373. The van der Waals surface area contributed by atoms with E-state index in [9.17, 15) is 4.79 Å². The highest BCUT2D eigenvalue weighted by Crippen LogP contribution is 2.44. The largest absolute Gasteiger partial charge is 0.497 e. The summed E-state index contributed by atoms with van der Waals surface area (Å²) >= 11 is 0. The van der Waals surface area contributed by atoms with Crippen molar-refractivity contribution >= 4 is 19.9 Å². The fourth-order valence-corrected chi connectivity index (χ4v) is 5.65. The summed E-state index contributed by atoms with van der Waals surface area (Å²) in [6.45, 7) is 16.3. The van der Waals surface area contributed by atoms with E-state index in [-0.39, 0.29) is 17.0 Å². The van der Waals surface area contributed by atoms with Gasteiger partial charge in [0.1, 0.15) is 11.3 Å². The lowest BCUT2D eigenvalue weighted by Crippen LogP contribution is -2.52. The molecule has 3 aromatic carbocycles. The molecular weight excluding hydrogens is 488 g/mol. The van der Waals surface area contributed by atoms with Gasteiger partial charge in [0.2, 0.25) is 0 Å². The van der Waals surface area contributed by atoms with E-state index < -0.39 is 13.9 Å². The van der Waals surface area contributed by atoms with E-state index in [4.69, 9.17) is 9.16 Å². The van der Waals surface area contributed by atoms with Gasteiger partial charge in [0.15, 0.2) is 8.32 Å². The lowest BCUT2D eigenvalue weighted by atomic mass is 9.89. The van der Waals surface area contributed by atoms with Crippen molar-refractivity contribution in [2.75, 3.05) is 18.6 Å². The number of carbonyl (C=O) groups excluding carboxylic acids is 1. The highest BCUT2D eigenvalue weighted by molar-refractivity contribution is 6.74. The standard InChI is InChI=1S/C32H40N2O3Si/c1-8-32(33-28(25-14-10-9-11-15-25)23-37-38(6,7)31(2,3)4)27-16-12-13-17-29(27)34(30(32)35)22-24-18-20-26(36-5)21-19-24/h8-21,28,33H,1,22-23H2,2-7H3/t28-,32-/m0/s1. The van der Waals surface area contributed by atoms with Crippen LogP contribution < -0.4 is 15.0 Å². The predicted octanol–water partition coefficient (Wildman–Crippen LogP) is 6.98. The van der Waals surface area contributed by atoms with Gasteiger partial charge in [-0.25, -0.2) is 0 Å². The first kappa shape index (κ1) is 27.8. The molecule has 0 aliphatic carbocycles. The Balaban J connectivity index is 1.70. The molecule has 1 N–H and O–H groups in total. The van der Waals surface area contributed by atoms with Crippen molar-refractivity contribution < 1.29 is 14.0 Å².